The highest BCUT2D eigenvalue weighted by Crippen LogP contribution is 2.48. The van der Waals surface area contributed by atoms with E-state index in [-0.39, 0.29) is 12.0 Å². The largest absolute Gasteiger partial charge is 0.378 e. The molecule has 0 fully saturated rings. The number of benzene rings is 1. The molecule has 1 aromatic carbocycles. The van der Waals surface area contributed by atoms with Crippen molar-refractivity contribution in [3.8, 4) is 0 Å². The fraction of sp³-hybridized carbons (Fsp3) is 0.391. The molecule has 0 spiro atoms. The van der Waals surface area contributed by atoms with Gasteiger partial charge >= 0.3 is 0 Å². The molecule has 0 saturated heterocycles. The number of hydrogen-bond donors (Lipinski definition) is 1. The molecule has 140 valence electrons. The molecule has 4 heteroatoms. The van der Waals surface area contributed by atoms with Gasteiger partial charge < -0.3 is 5.32 Å². The fourth-order valence-electron chi connectivity index (χ4n) is 4.99. The molecule has 27 heavy (non-hydrogen) atoms. The number of allylic oxidation sites excluding steroid dienone is 4. The molecule has 0 aromatic heterocycles. The number of anilines is 1. The Morgan fingerprint density at radius 1 is 1.15 bits per heavy atom. The maximum atomic E-state index is 14.0. The average molecular weight is 380 g/mol. The van der Waals surface area contributed by atoms with Crippen LogP contribution in [0.5, 0.6) is 0 Å². The van der Waals surface area contributed by atoms with Gasteiger partial charge in [0.25, 0.3) is 0 Å². The quantitative estimate of drug-likeness (QED) is 0.794. The van der Waals surface area contributed by atoms with Gasteiger partial charge in [0, 0.05) is 17.6 Å². The number of fused-ring (bicyclic) bond motifs is 2. The maximum absolute atomic E-state index is 14.0. The van der Waals surface area contributed by atoms with E-state index in [0.29, 0.717) is 6.42 Å². The summed E-state index contributed by atoms with van der Waals surface area (Å²) < 4.78 is 27.2. The summed E-state index contributed by atoms with van der Waals surface area (Å²) in [5.74, 6) is 0.0582. The first-order valence-electron chi connectivity index (χ1n) is 9.83. The van der Waals surface area contributed by atoms with E-state index in [9.17, 15) is 8.42 Å². The van der Waals surface area contributed by atoms with Crippen molar-refractivity contribution in [1.29, 1.82) is 0 Å². The normalized spacial score (nSPS) is 34.0. The van der Waals surface area contributed by atoms with Crippen LogP contribution in [0.1, 0.15) is 31.7 Å². The number of rotatable bonds is 3. The molecule has 0 bridgehead atoms. The van der Waals surface area contributed by atoms with Crippen LogP contribution < -0.4 is 5.32 Å². The summed E-state index contributed by atoms with van der Waals surface area (Å²) in [6.07, 6.45) is 15.4. The van der Waals surface area contributed by atoms with Crippen LogP contribution in [0.15, 0.2) is 71.9 Å². The lowest BCUT2D eigenvalue weighted by Crippen LogP contribution is -2.49. The van der Waals surface area contributed by atoms with Crippen LogP contribution in [-0.2, 0) is 16.3 Å². The average Bonchev–Trinajstić information content (AvgIpc) is 3.03. The molecule has 4 aliphatic rings. The van der Waals surface area contributed by atoms with E-state index < -0.39 is 19.8 Å². The Bertz CT molecular complexity index is 1010. The molecular formula is C23H25NO2S. The van der Waals surface area contributed by atoms with E-state index in [0.717, 1.165) is 36.1 Å². The zero-order valence-corrected chi connectivity index (χ0v) is 16.4. The van der Waals surface area contributed by atoms with Gasteiger partial charge in [-0.05, 0) is 49.8 Å². The minimum Gasteiger partial charge on any atom is -0.378 e. The van der Waals surface area contributed by atoms with Crippen LogP contribution in [0.3, 0.4) is 0 Å². The number of para-hydroxylation sites is 1. The zero-order chi connectivity index (χ0) is 18.6. The highest BCUT2D eigenvalue weighted by molar-refractivity contribution is 7.94. The first-order chi connectivity index (χ1) is 13.0. The number of sulfone groups is 1. The molecule has 1 heterocycles. The molecule has 1 aromatic rings. The Hall–Kier alpha value is -2.07. The first kappa shape index (κ1) is 17.1. The monoisotopic (exact) mass is 379 g/mol. The van der Waals surface area contributed by atoms with Gasteiger partial charge in [-0.25, -0.2) is 8.42 Å². The molecule has 3 aliphatic carbocycles. The molecule has 4 unspecified atom stereocenters. The lowest BCUT2D eigenvalue weighted by Gasteiger charge is -2.41. The van der Waals surface area contributed by atoms with Gasteiger partial charge in [0.15, 0.2) is 9.84 Å². The van der Waals surface area contributed by atoms with Crippen LogP contribution in [0.25, 0.3) is 0 Å². The van der Waals surface area contributed by atoms with Gasteiger partial charge in [0.05, 0.1) is 5.25 Å². The molecule has 0 radical (unpaired) electrons. The van der Waals surface area contributed by atoms with Crippen molar-refractivity contribution in [3.63, 3.8) is 0 Å². The SMILES string of the molecule is CC1=CCC(C2=CCC2)(S(=O)(=O)C2C=CC3Nc4ccccc4CC32)C=C1. The smallest absolute Gasteiger partial charge is 0.170 e. The third kappa shape index (κ3) is 2.42. The predicted octanol–water partition coefficient (Wildman–Crippen LogP) is 4.36. The molecule has 1 aliphatic heterocycles. The molecule has 3 nitrogen and oxygen atoms in total. The third-order valence-corrected chi connectivity index (χ3v) is 9.55. The Balaban J connectivity index is 1.54. The summed E-state index contributed by atoms with van der Waals surface area (Å²) in [4.78, 5) is 0. The van der Waals surface area contributed by atoms with Crippen molar-refractivity contribution in [2.75, 3.05) is 5.32 Å². The molecule has 1 N–H and O–H groups in total. The Kier molecular flexibility index (Phi) is 3.77. The Morgan fingerprint density at radius 2 is 1.96 bits per heavy atom. The summed E-state index contributed by atoms with van der Waals surface area (Å²) in [7, 11) is -3.41. The molecule has 4 atom stereocenters. The van der Waals surface area contributed by atoms with E-state index >= 15 is 0 Å². The van der Waals surface area contributed by atoms with E-state index in [1.54, 1.807) is 0 Å². The predicted molar refractivity (Wildman–Crippen MR) is 110 cm³/mol. The maximum Gasteiger partial charge on any atom is 0.170 e. The van der Waals surface area contributed by atoms with Gasteiger partial charge in [-0.3, -0.25) is 0 Å². The van der Waals surface area contributed by atoms with Crippen molar-refractivity contribution in [1.82, 2.24) is 0 Å². The standard InChI is InChI=1S/C23H25NO2S/c1-16-11-13-23(14-12-16,18-6-4-7-18)27(25,26)22-10-9-21-19(22)15-17-5-2-3-8-20(17)24-21/h2-3,5-6,8-13,19,21-22,24H,4,7,14-15H2,1H3. The zero-order valence-electron chi connectivity index (χ0n) is 15.6. The van der Waals surface area contributed by atoms with Crippen LogP contribution in [0, 0.1) is 5.92 Å². The third-order valence-electron chi connectivity index (χ3n) is 6.74. The van der Waals surface area contributed by atoms with Gasteiger partial charge in [0.2, 0.25) is 0 Å². The lowest BCUT2D eigenvalue weighted by molar-refractivity contribution is 0.479. The minimum absolute atomic E-state index is 0.0582. The van der Waals surface area contributed by atoms with E-state index in [1.165, 1.54) is 5.56 Å². The van der Waals surface area contributed by atoms with Crippen molar-refractivity contribution >= 4 is 15.5 Å². The van der Waals surface area contributed by atoms with Crippen molar-refractivity contribution < 1.29 is 8.42 Å². The van der Waals surface area contributed by atoms with Crippen molar-refractivity contribution in [2.45, 2.75) is 48.6 Å². The highest BCUT2D eigenvalue weighted by Gasteiger charge is 2.53. The number of hydrogen-bond acceptors (Lipinski definition) is 3. The van der Waals surface area contributed by atoms with Crippen molar-refractivity contribution in [2.24, 2.45) is 5.92 Å². The van der Waals surface area contributed by atoms with Crippen LogP contribution >= 0.6 is 0 Å². The summed E-state index contributed by atoms with van der Waals surface area (Å²) in [6, 6.07) is 8.34. The summed E-state index contributed by atoms with van der Waals surface area (Å²) in [6.45, 7) is 2.04. The van der Waals surface area contributed by atoms with Crippen molar-refractivity contribution in [3.05, 3.63) is 77.4 Å². The van der Waals surface area contributed by atoms with Crippen LogP contribution in [0.2, 0.25) is 0 Å². The second-order valence-corrected chi connectivity index (χ2v) is 10.6. The second-order valence-electron chi connectivity index (χ2n) is 8.23. The van der Waals surface area contributed by atoms with E-state index in [1.807, 2.05) is 37.3 Å². The summed E-state index contributed by atoms with van der Waals surface area (Å²) in [5.41, 5.74) is 4.58. The van der Waals surface area contributed by atoms with Gasteiger partial charge in [0.1, 0.15) is 4.75 Å². The van der Waals surface area contributed by atoms with Crippen LogP contribution in [-0.4, -0.2) is 24.5 Å². The van der Waals surface area contributed by atoms with E-state index in [2.05, 4.69) is 35.7 Å². The Labute approximate surface area is 161 Å². The molecule has 5 rings (SSSR count). The number of nitrogens with one attached hydrogen (secondary N) is 1. The topological polar surface area (TPSA) is 46.2 Å². The summed E-state index contributed by atoms with van der Waals surface area (Å²) >= 11 is 0. The van der Waals surface area contributed by atoms with Gasteiger partial charge in [-0.1, -0.05) is 60.2 Å². The van der Waals surface area contributed by atoms with Crippen LogP contribution in [0.4, 0.5) is 5.69 Å². The highest BCUT2D eigenvalue weighted by atomic mass is 32.2. The summed E-state index contributed by atoms with van der Waals surface area (Å²) in [5, 5.41) is 3.10. The molecular weight excluding hydrogens is 354 g/mol. The fourth-order valence-corrected chi connectivity index (χ4v) is 7.62. The lowest BCUT2D eigenvalue weighted by atomic mass is 9.81. The molecule has 0 amide bonds. The van der Waals surface area contributed by atoms with Gasteiger partial charge in [-0.2, -0.15) is 0 Å². The van der Waals surface area contributed by atoms with Gasteiger partial charge in [-0.15, -0.1) is 0 Å². The first-order valence-corrected chi connectivity index (χ1v) is 11.4. The van der Waals surface area contributed by atoms with E-state index in [4.69, 9.17) is 0 Å². The minimum atomic E-state index is -3.41. The second kappa shape index (κ2) is 5.96. The Morgan fingerprint density at radius 3 is 2.67 bits per heavy atom. The molecule has 0 saturated carbocycles.